The van der Waals surface area contributed by atoms with Crippen molar-refractivity contribution in [2.75, 3.05) is 5.32 Å². The maximum absolute atomic E-state index is 12.3. The lowest BCUT2D eigenvalue weighted by Gasteiger charge is -2.10. The fraction of sp³-hybridized carbons (Fsp3) is 0.0588. The quantitative estimate of drug-likeness (QED) is 0.754. The Kier molecular flexibility index (Phi) is 3.28. The lowest BCUT2D eigenvalue weighted by Crippen LogP contribution is -2.12. The van der Waals surface area contributed by atoms with Crippen LogP contribution < -0.4 is 5.32 Å². The minimum absolute atomic E-state index is 0.0110. The van der Waals surface area contributed by atoms with Crippen LogP contribution in [-0.4, -0.2) is 16.0 Å². The molecule has 1 amide bonds. The van der Waals surface area contributed by atoms with E-state index in [2.05, 4.69) is 10.3 Å². The van der Waals surface area contributed by atoms with Crippen molar-refractivity contribution < 1.29 is 9.90 Å². The Labute approximate surface area is 122 Å². The highest BCUT2D eigenvalue weighted by Crippen LogP contribution is 2.25. The zero-order chi connectivity index (χ0) is 14.8. The third kappa shape index (κ3) is 2.43. The van der Waals surface area contributed by atoms with E-state index in [9.17, 15) is 9.90 Å². The number of hydrogen-bond donors (Lipinski definition) is 2. The number of carbonyl (C=O) groups is 1. The lowest BCUT2D eigenvalue weighted by atomic mass is 10.1. The maximum atomic E-state index is 12.3. The van der Waals surface area contributed by atoms with Gasteiger partial charge in [-0.2, -0.15) is 0 Å². The number of anilines is 1. The molecule has 0 saturated heterocycles. The van der Waals surface area contributed by atoms with Gasteiger partial charge in [-0.1, -0.05) is 24.3 Å². The van der Waals surface area contributed by atoms with Gasteiger partial charge < -0.3 is 10.4 Å². The topological polar surface area (TPSA) is 62.2 Å². The number of pyridine rings is 1. The smallest absolute Gasteiger partial charge is 0.259 e. The molecule has 104 valence electrons. The number of carbonyl (C=O) groups excluding carboxylic acids is 1. The molecule has 0 aliphatic heterocycles. The van der Waals surface area contributed by atoms with Gasteiger partial charge in [0.2, 0.25) is 0 Å². The summed E-state index contributed by atoms with van der Waals surface area (Å²) < 4.78 is 0. The minimum atomic E-state index is -0.333. The number of benzene rings is 2. The van der Waals surface area contributed by atoms with Gasteiger partial charge in [-0.3, -0.25) is 9.78 Å². The van der Waals surface area contributed by atoms with E-state index in [1.165, 1.54) is 0 Å². The summed E-state index contributed by atoms with van der Waals surface area (Å²) in [5.74, 6) is -0.322. The first-order valence-electron chi connectivity index (χ1n) is 6.59. The van der Waals surface area contributed by atoms with Crippen LogP contribution in [0.3, 0.4) is 0 Å². The number of para-hydroxylation sites is 1. The number of phenols is 1. The first-order valence-corrected chi connectivity index (χ1v) is 6.59. The zero-order valence-electron chi connectivity index (χ0n) is 11.5. The van der Waals surface area contributed by atoms with Gasteiger partial charge in [0.25, 0.3) is 5.91 Å². The molecule has 0 atom stereocenters. The van der Waals surface area contributed by atoms with Gasteiger partial charge in [0.05, 0.1) is 5.56 Å². The number of aromatic nitrogens is 1. The number of phenolic OH excluding ortho intramolecular Hbond substituents is 1. The van der Waals surface area contributed by atoms with E-state index >= 15 is 0 Å². The molecule has 0 fully saturated rings. The monoisotopic (exact) mass is 278 g/mol. The van der Waals surface area contributed by atoms with Gasteiger partial charge in [-0.05, 0) is 30.7 Å². The lowest BCUT2D eigenvalue weighted by molar-refractivity contribution is 0.102. The average molecular weight is 278 g/mol. The van der Waals surface area contributed by atoms with Crippen molar-refractivity contribution in [2.24, 2.45) is 0 Å². The van der Waals surface area contributed by atoms with E-state index in [0.717, 1.165) is 10.8 Å². The first kappa shape index (κ1) is 13.1. The molecule has 2 N–H and O–H groups in total. The van der Waals surface area contributed by atoms with E-state index in [-0.39, 0.29) is 17.2 Å². The highest BCUT2D eigenvalue weighted by Gasteiger charge is 2.13. The van der Waals surface area contributed by atoms with Crippen molar-refractivity contribution in [3.8, 4) is 5.75 Å². The SMILES string of the molecule is Cc1cccc(C(=O)Nc2cccc3cnccc23)c1O. The Morgan fingerprint density at radius 3 is 2.81 bits per heavy atom. The van der Waals surface area contributed by atoms with Crippen molar-refractivity contribution in [3.63, 3.8) is 0 Å². The number of nitrogens with one attached hydrogen (secondary N) is 1. The largest absolute Gasteiger partial charge is 0.507 e. The van der Waals surface area contributed by atoms with Crippen LogP contribution in [0, 0.1) is 6.92 Å². The van der Waals surface area contributed by atoms with Crippen molar-refractivity contribution in [3.05, 3.63) is 66.0 Å². The Balaban J connectivity index is 1.99. The molecule has 0 bridgehead atoms. The third-order valence-electron chi connectivity index (χ3n) is 3.41. The van der Waals surface area contributed by atoms with E-state index in [1.54, 1.807) is 37.5 Å². The van der Waals surface area contributed by atoms with Crippen molar-refractivity contribution >= 4 is 22.4 Å². The number of nitrogens with zero attached hydrogens (tertiary/aromatic N) is 1. The van der Waals surface area contributed by atoms with Crippen LogP contribution in [0.15, 0.2) is 54.9 Å². The summed E-state index contributed by atoms with van der Waals surface area (Å²) in [4.78, 5) is 16.4. The fourth-order valence-electron chi connectivity index (χ4n) is 2.26. The van der Waals surface area contributed by atoms with Gasteiger partial charge in [0.15, 0.2) is 0 Å². The van der Waals surface area contributed by atoms with Gasteiger partial charge in [0, 0.05) is 28.9 Å². The van der Waals surface area contributed by atoms with Crippen LogP contribution in [0.5, 0.6) is 5.75 Å². The summed E-state index contributed by atoms with van der Waals surface area (Å²) in [6.07, 6.45) is 3.43. The first-order chi connectivity index (χ1) is 10.2. The Morgan fingerprint density at radius 1 is 1.14 bits per heavy atom. The summed E-state index contributed by atoms with van der Waals surface area (Å²) in [6.45, 7) is 1.76. The number of hydrogen-bond acceptors (Lipinski definition) is 3. The number of aryl methyl sites for hydroxylation is 1. The Morgan fingerprint density at radius 2 is 1.95 bits per heavy atom. The number of amides is 1. The molecule has 4 heteroatoms. The predicted octanol–water partition coefficient (Wildman–Crippen LogP) is 3.50. The normalized spacial score (nSPS) is 10.5. The number of fused-ring (bicyclic) bond motifs is 1. The Hall–Kier alpha value is -2.88. The molecule has 0 radical (unpaired) electrons. The molecular weight excluding hydrogens is 264 g/mol. The second-order valence-electron chi connectivity index (χ2n) is 4.83. The molecule has 1 aromatic heterocycles. The molecule has 0 aliphatic carbocycles. The summed E-state index contributed by atoms with van der Waals surface area (Å²) >= 11 is 0. The van der Waals surface area contributed by atoms with Crippen LogP contribution in [0.25, 0.3) is 10.8 Å². The van der Waals surface area contributed by atoms with Crippen LogP contribution in [0.2, 0.25) is 0 Å². The molecule has 0 aliphatic rings. The van der Waals surface area contributed by atoms with Crippen LogP contribution in [-0.2, 0) is 0 Å². The highest BCUT2D eigenvalue weighted by atomic mass is 16.3. The minimum Gasteiger partial charge on any atom is -0.507 e. The van der Waals surface area contributed by atoms with Crippen LogP contribution in [0.4, 0.5) is 5.69 Å². The predicted molar refractivity (Wildman–Crippen MR) is 82.5 cm³/mol. The van der Waals surface area contributed by atoms with Gasteiger partial charge >= 0.3 is 0 Å². The molecular formula is C17H14N2O2. The van der Waals surface area contributed by atoms with E-state index < -0.39 is 0 Å². The highest BCUT2D eigenvalue weighted by molar-refractivity contribution is 6.10. The van der Waals surface area contributed by atoms with Crippen LogP contribution >= 0.6 is 0 Å². The number of aromatic hydroxyl groups is 1. The van der Waals surface area contributed by atoms with Crippen molar-refractivity contribution in [1.82, 2.24) is 4.98 Å². The molecule has 1 heterocycles. The summed E-state index contributed by atoms with van der Waals surface area (Å²) in [6, 6.07) is 12.6. The molecule has 4 nitrogen and oxygen atoms in total. The standard InChI is InChI=1S/C17H14N2O2/c1-11-4-2-6-14(16(11)20)17(21)19-15-7-3-5-12-10-18-9-8-13(12)15/h2-10,20H,1H3,(H,19,21). The van der Waals surface area contributed by atoms with E-state index in [0.29, 0.717) is 11.3 Å². The number of rotatable bonds is 2. The summed E-state index contributed by atoms with van der Waals surface area (Å²) in [5, 5.41) is 14.7. The molecule has 21 heavy (non-hydrogen) atoms. The second kappa shape index (κ2) is 5.25. The van der Waals surface area contributed by atoms with Gasteiger partial charge in [-0.15, -0.1) is 0 Å². The average Bonchev–Trinajstić information content (AvgIpc) is 2.50. The zero-order valence-corrected chi connectivity index (χ0v) is 11.5. The molecule has 0 saturated carbocycles. The molecule has 0 spiro atoms. The maximum Gasteiger partial charge on any atom is 0.259 e. The summed E-state index contributed by atoms with van der Waals surface area (Å²) in [7, 11) is 0. The van der Waals surface area contributed by atoms with Gasteiger partial charge in [-0.25, -0.2) is 0 Å². The van der Waals surface area contributed by atoms with Crippen LogP contribution in [0.1, 0.15) is 15.9 Å². The van der Waals surface area contributed by atoms with E-state index in [4.69, 9.17) is 0 Å². The van der Waals surface area contributed by atoms with Crippen molar-refractivity contribution in [2.45, 2.75) is 6.92 Å². The molecule has 0 unspecified atom stereocenters. The third-order valence-corrected chi connectivity index (χ3v) is 3.41. The van der Waals surface area contributed by atoms with Crippen molar-refractivity contribution in [1.29, 1.82) is 0 Å². The Bertz CT molecular complexity index is 823. The van der Waals surface area contributed by atoms with Gasteiger partial charge in [0.1, 0.15) is 5.75 Å². The molecule has 2 aromatic carbocycles. The second-order valence-corrected chi connectivity index (χ2v) is 4.83. The summed E-state index contributed by atoms with van der Waals surface area (Å²) in [5.41, 5.74) is 1.63. The molecule has 3 rings (SSSR count). The molecule has 3 aromatic rings. The fourth-order valence-corrected chi connectivity index (χ4v) is 2.26. The van der Waals surface area contributed by atoms with E-state index in [1.807, 2.05) is 24.3 Å².